The van der Waals surface area contributed by atoms with E-state index in [1.54, 1.807) is 0 Å². The number of nitrogens with zero attached hydrogens (tertiary/aromatic N) is 5. The number of aromatic nitrogens is 4. The summed E-state index contributed by atoms with van der Waals surface area (Å²) >= 11 is 0. The van der Waals surface area contributed by atoms with Crippen LogP contribution in [0.1, 0.15) is 75.7 Å². The Morgan fingerprint density at radius 1 is 1.09 bits per heavy atom. The Hall–Kier alpha value is -2.46. The molecule has 0 bridgehead atoms. The van der Waals surface area contributed by atoms with E-state index in [2.05, 4.69) is 15.3 Å². The first-order valence-electron chi connectivity index (χ1n) is 13.4. The molecule has 10 nitrogen and oxygen atoms in total. The van der Waals surface area contributed by atoms with Gasteiger partial charge < -0.3 is 20.5 Å². The molecule has 3 N–H and O–H groups in total. The number of amides is 1. The third kappa shape index (κ3) is 6.03. The molecule has 1 aliphatic heterocycles. The van der Waals surface area contributed by atoms with Crippen LogP contribution in [0.2, 0.25) is 0 Å². The van der Waals surface area contributed by atoms with Crippen molar-refractivity contribution in [1.82, 2.24) is 24.5 Å². The van der Waals surface area contributed by atoms with Gasteiger partial charge in [0.1, 0.15) is 6.10 Å². The monoisotopic (exact) mass is 485 g/mol. The molecule has 3 aliphatic rings. The van der Waals surface area contributed by atoms with Gasteiger partial charge in [-0.25, -0.2) is 0 Å². The summed E-state index contributed by atoms with van der Waals surface area (Å²) in [5.74, 6) is 0.795. The number of morpholine rings is 1. The largest absolute Gasteiger partial charge is 0.460 e. The highest BCUT2D eigenvalue weighted by Crippen LogP contribution is 2.37. The van der Waals surface area contributed by atoms with Gasteiger partial charge in [0.15, 0.2) is 5.65 Å². The topological polar surface area (TPSA) is 120 Å². The van der Waals surface area contributed by atoms with Gasteiger partial charge in [-0.05, 0) is 70.3 Å². The number of primary amides is 1. The number of carbonyl (C=O) groups is 1. The Kier molecular flexibility index (Phi) is 7.98. The van der Waals surface area contributed by atoms with Crippen molar-refractivity contribution in [3.05, 3.63) is 11.8 Å². The van der Waals surface area contributed by atoms with Gasteiger partial charge in [-0.1, -0.05) is 6.42 Å². The van der Waals surface area contributed by atoms with Gasteiger partial charge in [-0.2, -0.15) is 19.6 Å². The van der Waals surface area contributed by atoms with Crippen molar-refractivity contribution in [3.63, 3.8) is 0 Å². The predicted octanol–water partition coefficient (Wildman–Crippen LogP) is 2.73. The molecule has 192 valence electrons. The van der Waals surface area contributed by atoms with Crippen molar-refractivity contribution in [2.75, 3.05) is 44.7 Å². The molecule has 1 saturated heterocycles. The van der Waals surface area contributed by atoms with E-state index in [0.29, 0.717) is 17.9 Å². The summed E-state index contributed by atoms with van der Waals surface area (Å²) in [5.41, 5.74) is 7.47. The maximum Gasteiger partial charge on any atom is 0.322 e. The van der Waals surface area contributed by atoms with Gasteiger partial charge in [0, 0.05) is 31.1 Å². The minimum atomic E-state index is -0.183. The number of carbonyl (C=O) groups excluding carboxylic acids is 1. The highest BCUT2D eigenvalue weighted by molar-refractivity contribution is 5.76. The zero-order valence-corrected chi connectivity index (χ0v) is 20.7. The number of ether oxygens (including phenoxy) is 2. The molecule has 2 aromatic rings. The Bertz CT molecular complexity index is 977. The first-order valence-corrected chi connectivity index (χ1v) is 13.4. The molecule has 0 unspecified atom stereocenters. The number of nitrogens with two attached hydrogens (primary N) is 1. The van der Waals surface area contributed by atoms with Crippen LogP contribution in [0.3, 0.4) is 0 Å². The molecule has 35 heavy (non-hydrogen) atoms. The van der Waals surface area contributed by atoms with E-state index in [4.69, 9.17) is 25.2 Å². The maximum absolute atomic E-state index is 11.6. The lowest BCUT2D eigenvalue weighted by Gasteiger charge is -2.26. The highest BCUT2D eigenvalue weighted by Gasteiger charge is 2.29. The van der Waals surface area contributed by atoms with Crippen molar-refractivity contribution in [3.8, 4) is 6.01 Å². The van der Waals surface area contributed by atoms with E-state index >= 15 is 0 Å². The SMILES string of the molecule is NC(=O)C1CCC(c2cnn3c(NCCCN4CCOCC4)nc(OC4CCCCC4)nc23)CC1. The van der Waals surface area contributed by atoms with Crippen LogP contribution < -0.4 is 15.8 Å². The van der Waals surface area contributed by atoms with Gasteiger partial charge >= 0.3 is 6.01 Å². The molecule has 0 aromatic carbocycles. The second-order valence-electron chi connectivity index (χ2n) is 10.2. The maximum atomic E-state index is 11.6. The van der Waals surface area contributed by atoms with Crippen LogP contribution in [-0.2, 0) is 9.53 Å². The molecular weight excluding hydrogens is 446 g/mol. The molecule has 10 heteroatoms. The summed E-state index contributed by atoms with van der Waals surface area (Å²) in [6, 6.07) is 0.438. The Morgan fingerprint density at radius 2 is 1.86 bits per heavy atom. The zero-order chi connectivity index (χ0) is 24.0. The highest BCUT2D eigenvalue weighted by atomic mass is 16.5. The average Bonchev–Trinajstić information content (AvgIpc) is 3.32. The minimum absolute atomic E-state index is 0.0170. The second-order valence-corrected chi connectivity index (χ2v) is 10.2. The van der Waals surface area contributed by atoms with Crippen LogP contribution in [0.25, 0.3) is 5.65 Å². The van der Waals surface area contributed by atoms with Crippen LogP contribution in [0, 0.1) is 5.92 Å². The summed E-state index contributed by atoms with van der Waals surface area (Å²) in [5, 5.41) is 8.15. The van der Waals surface area contributed by atoms with Crippen LogP contribution >= 0.6 is 0 Å². The molecule has 1 amide bonds. The van der Waals surface area contributed by atoms with Crippen LogP contribution in [0.15, 0.2) is 6.20 Å². The van der Waals surface area contributed by atoms with Gasteiger partial charge in [0.25, 0.3) is 0 Å². The molecule has 3 heterocycles. The molecule has 5 rings (SSSR count). The van der Waals surface area contributed by atoms with Crippen molar-refractivity contribution in [2.24, 2.45) is 11.7 Å². The van der Waals surface area contributed by atoms with E-state index < -0.39 is 0 Å². The summed E-state index contributed by atoms with van der Waals surface area (Å²) < 4.78 is 13.5. The fourth-order valence-electron chi connectivity index (χ4n) is 5.68. The number of fused-ring (bicyclic) bond motifs is 1. The van der Waals surface area contributed by atoms with E-state index in [1.807, 2.05) is 10.7 Å². The van der Waals surface area contributed by atoms with Crippen LogP contribution in [-0.4, -0.2) is 75.9 Å². The standard InChI is InChI=1S/C25H39N7O3/c26-22(33)19-9-7-18(8-10-19)21-17-28-32-23(21)29-25(35-20-5-2-1-3-6-20)30-24(32)27-11-4-12-31-13-15-34-16-14-31/h17-20H,1-16H2,(H2,26,33)(H,27,29,30). The number of anilines is 1. The minimum Gasteiger partial charge on any atom is -0.460 e. The van der Waals surface area contributed by atoms with Gasteiger partial charge in [-0.3, -0.25) is 9.69 Å². The van der Waals surface area contributed by atoms with Crippen LogP contribution in [0.5, 0.6) is 6.01 Å². The summed E-state index contributed by atoms with van der Waals surface area (Å²) in [6.45, 7) is 5.46. The first kappa shape index (κ1) is 24.2. The molecule has 2 aliphatic carbocycles. The summed E-state index contributed by atoms with van der Waals surface area (Å²) in [7, 11) is 0. The first-order chi connectivity index (χ1) is 17.2. The van der Waals surface area contributed by atoms with Gasteiger partial charge in [0.2, 0.25) is 11.9 Å². The fourth-order valence-corrected chi connectivity index (χ4v) is 5.68. The lowest BCUT2D eigenvalue weighted by Crippen LogP contribution is -2.37. The van der Waals surface area contributed by atoms with Crippen molar-refractivity contribution in [1.29, 1.82) is 0 Å². The third-order valence-electron chi connectivity index (χ3n) is 7.81. The third-order valence-corrected chi connectivity index (χ3v) is 7.81. The lowest BCUT2D eigenvalue weighted by atomic mass is 9.79. The van der Waals surface area contributed by atoms with Gasteiger partial charge in [0.05, 0.1) is 19.4 Å². The van der Waals surface area contributed by atoms with Crippen molar-refractivity contribution < 1.29 is 14.3 Å². The molecule has 0 radical (unpaired) electrons. The summed E-state index contributed by atoms with van der Waals surface area (Å²) in [6.07, 6.45) is 12.4. The van der Waals surface area contributed by atoms with Crippen molar-refractivity contribution >= 4 is 17.5 Å². The number of hydrogen-bond donors (Lipinski definition) is 2. The fraction of sp³-hybridized carbons (Fsp3) is 0.760. The number of hydrogen-bond acceptors (Lipinski definition) is 8. The van der Waals surface area contributed by atoms with E-state index in [-0.39, 0.29) is 17.9 Å². The summed E-state index contributed by atoms with van der Waals surface area (Å²) in [4.78, 5) is 23.6. The van der Waals surface area contributed by atoms with E-state index in [1.165, 1.54) is 19.3 Å². The Morgan fingerprint density at radius 3 is 2.60 bits per heavy atom. The molecular formula is C25H39N7O3. The Labute approximate surface area is 206 Å². The molecule has 2 saturated carbocycles. The van der Waals surface area contributed by atoms with E-state index in [9.17, 15) is 4.79 Å². The molecule has 2 aromatic heterocycles. The average molecular weight is 486 g/mol. The Balaban J connectivity index is 1.32. The quantitative estimate of drug-likeness (QED) is 0.520. The zero-order valence-electron chi connectivity index (χ0n) is 20.7. The smallest absolute Gasteiger partial charge is 0.322 e. The number of nitrogens with one attached hydrogen (secondary N) is 1. The molecule has 0 atom stereocenters. The van der Waals surface area contributed by atoms with Crippen LogP contribution in [0.4, 0.5) is 5.95 Å². The molecule has 3 fully saturated rings. The molecule has 0 spiro atoms. The lowest BCUT2D eigenvalue weighted by molar-refractivity contribution is -0.122. The number of rotatable bonds is 9. The normalized spacial score (nSPS) is 24.5. The van der Waals surface area contributed by atoms with Gasteiger partial charge in [-0.15, -0.1) is 0 Å². The van der Waals surface area contributed by atoms with E-state index in [0.717, 1.165) is 95.5 Å². The second kappa shape index (κ2) is 11.5. The predicted molar refractivity (Wildman–Crippen MR) is 133 cm³/mol. The van der Waals surface area contributed by atoms with Crippen molar-refractivity contribution in [2.45, 2.75) is 76.2 Å².